The second-order valence-corrected chi connectivity index (χ2v) is 6.03. The van der Waals surface area contributed by atoms with Crippen molar-refractivity contribution in [3.63, 3.8) is 0 Å². The Kier molecular flexibility index (Phi) is 3.36. The normalized spacial score (nSPS) is 30.5. The average molecular weight is 257 g/mol. The molecule has 2 unspecified atom stereocenters. The van der Waals surface area contributed by atoms with Crippen LogP contribution < -0.4 is 0 Å². The van der Waals surface area contributed by atoms with E-state index in [1.54, 1.807) is 0 Å². The lowest BCUT2D eigenvalue weighted by Crippen LogP contribution is -2.50. The first-order valence-electron chi connectivity index (χ1n) is 7.37. The number of fused-ring (bicyclic) bond motifs is 2. The zero-order valence-electron chi connectivity index (χ0n) is 11.7. The fraction of sp³-hybridized carbons (Fsp3) is 0.529. The highest BCUT2D eigenvalue weighted by molar-refractivity contribution is 5.40. The van der Waals surface area contributed by atoms with E-state index in [1.807, 2.05) is 18.2 Å². The maximum absolute atomic E-state index is 9.71. The molecule has 1 aromatic carbocycles. The van der Waals surface area contributed by atoms with E-state index in [1.165, 1.54) is 30.5 Å². The lowest BCUT2D eigenvalue weighted by Gasteiger charge is -2.47. The third-order valence-corrected chi connectivity index (χ3v) is 5.00. The lowest BCUT2D eigenvalue weighted by molar-refractivity contribution is 0.0830. The maximum Gasteiger partial charge on any atom is 0.115 e. The number of benzene rings is 1. The van der Waals surface area contributed by atoms with Crippen LogP contribution in [0.25, 0.3) is 0 Å². The predicted molar refractivity (Wildman–Crippen MR) is 78.5 cm³/mol. The van der Waals surface area contributed by atoms with Crippen LogP contribution in [0.2, 0.25) is 0 Å². The van der Waals surface area contributed by atoms with Gasteiger partial charge >= 0.3 is 0 Å². The molecule has 1 aliphatic carbocycles. The first kappa shape index (κ1) is 12.7. The highest BCUT2D eigenvalue weighted by Gasteiger charge is 2.39. The van der Waals surface area contributed by atoms with Gasteiger partial charge in [-0.3, -0.25) is 4.90 Å². The number of likely N-dealkylation sites (tertiary alicyclic amines) is 1. The molecule has 0 radical (unpaired) electrons. The van der Waals surface area contributed by atoms with Gasteiger partial charge < -0.3 is 5.11 Å². The van der Waals surface area contributed by atoms with E-state index in [9.17, 15) is 5.11 Å². The van der Waals surface area contributed by atoms with Crippen LogP contribution in [0, 0.1) is 5.92 Å². The summed E-state index contributed by atoms with van der Waals surface area (Å²) in [5.41, 5.74) is 2.78. The van der Waals surface area contributed by atoms with E-state index in [2.05, 4.69) is 24.5 Å². The van der Waals surface area contributed by atoms with Crippen LogP contribution >= 0.6 is 0 Å². The van der Waals surface area contributed by atoms with Gasteiger partial charge in [-0.1, -0.05) is 19.1 Å². The molecule has 1 aliphatic heterocycles. The number of aromatic hydroxyl groups is 1. The van der Waals surface area contributed by atoms with Gasteiger partial charge in [0, 0.05) is 12.6 Å². The summed E-state index contributed by atoms with van der Waals surface area (Å²) in [6.07, 6.45) is 5.75. The van der Waals surface area contributed by atoms with Crippen LogP contribution in [0.15, 0.2) is 30.9 Å². The number of nitrogens with zero attached hydrogens (tertiary/aromatic N) is 1. The smallest absolute Gasteiger partial charge is 0.115 e. The molecule has 19 heavy (non-hydrogen) atoms. The molecular formula is C17H23NO. The Bertz CT molecular complexity index is 482. The molecule has 2 heteroatoms. The number of hydrogen-bond donors (Lipinski definition) is 1. The SMILES string of the molecule is C=CCN1CCCC2C1Cc1ccc(O)cc1[C@H]2C. The van der Waals surface area contributed by atoms with Gasteiger partial charge in [0.15, 0.2) is 0 Å². The summed E-state index contributed by atoms with van der Waals surface area (Å²) < 4.78 is 0. The minimum Gasteiger partial charge on any atom is -0.508 e. The minimum absolute atomic E-state index is 0.405. The zero-order valence-corrected chi connectivity index (χ0v) is 11.7. The molecule has 1 fully saturated rings. The first-order valence-corrected chi connectivity index (χ1v) is 7.37. The molecule has 0 spiro atoms. The third kappa shape index (κ3) is 2.18. The Hall–Kier alpha value is -1.28. The summed E-state index contributed by atoms with van der Waals surface area (Å²) in [6, 6.07) is 6.56. The van der Waals surface area contributed by atoms with Gasteiger partial charge in [0.2, 0.25) is 0 Å². The Balaban J connectivity index is 1.95. The van der Waals surface area contributed by atoms with Crippen molar-refractivity contribution in [2.45, 2.75) is 38.1 Å². The van der Waals surface area contributed by atoms with Gasteiger partial charge in [0.1, 0.15) is 5.75 Å². The summed E-state index contributed by atoms with van der Waals surface area (Å²) >= 11 is 0. The molecule has 0 saturated carbocycles. The lowest BCUT2D eigenvalue weighted by atomic mass is 9.69. The number of hydrogen-bond acceptors (Lipinski definition) is 2. The Morgan fingerprint density at radius 3 is 3.11 bits per heavy atom. The summed E-state index contributed by atoms with van der Waals surface area (Å²) in [7, 11) is 0. The molecule has 3 rings (SSSR count). The summed E-state index contributed by atoms with van der Waals surface area (Å²) in [5.74, 6) is 1.68. The molecule has 3 atom stereocenters. The van der Waals surface area contributed by atoms with Crippen molar-refractivity contribution < 1.29 is 5.11 Å². The van der Waals surface area contributed by atoms with E-state index in [4.69, 9.17) is 0 Å². The largest absolute Gasteiger partial charge is 0.508 e. The van der Waals surface area contributed by atoms with E-state index >= 15 is 0 Å². The molecule has 1 saturated heterocycles. The number of phenolic OH excluding ortho intramolecular Hbond substituents is 1. The van der Waals surface area contributed by atoms with Crippen molar-refractivity contribution in [2.24, 2.45) is 5.92 Å². The molecule has 102 valence electrons. The van der Waals surface area contributed by atoms with E-state index in [0.717, 1.165) is 18.9 Å². The molecule has 0 aromatic heterocycles. The standard InChI is InChI=1S/C17H23NO/c1-3-8-18-9-4-5-15-12(2)16-11-14(19)7-6-13(16)10-17(15)18/h3,6-7,11-12,15,17,19H,1,4-5,8-10H2,2H3/t12-,15?,17?/m0/s1. The van der Waals surface area contributed by atoms with Crippen molar-refractivity contribution >= 4 is 0 Å². The number of rotatable bonds is 2. The second-order valence-electron chi connectivity index (χ2n) is 6.03. The quantitative estimate of drug-likeness (QED) is 0.822. The fourth-order valence-electron chi connectivity index (χ4n) is 4.06. The molecule has 1 heterocycles. The summed E-state index contributed by atoms with van der Waals surface area (Å²) in [4.78, 5) is 2.59. The Morgan fingerprint density at radius 1 is 1.47 bits per heavy atom. The highest BCUT2D eigenvalue weighted by Crippen LogP contribution is 2.43. The van der Waals surface area contributed by atoms with Gasteiger partial charge in [-0.15, -0.1) is 6.58 Å². The van der Waals surface area contributed by atoms with Gasteiger partial charge in [-0.2, -0.15) is 0 Å². The van der Waals surface area contributed by atoms with Gasteiger partial charge in [-0.25, -0.2) is 0 Å². The Labute approximate surface area is 115 Å². The number of piperidine rings is 1. The summed E-state index contributed by atoms with van der Waals surface area (Å²) in [5, 5.41) is 9.71. The zero-order chi connectivity index (χ0) is 13.4. The van der Waals surface area contributed by atoms with Crippen LogP contribution in [-0.2, 0) is 6.42 Å². The van der Waals surface area contributed by atoms with Crippen LogP contribution in [0.4, 0.5) is 0 Å². The van der Waals surface area contributed by atoms with Crippen molar-refractivity contribution in [1.29, 1.82) is 0 Å². The second kappa shape index (κ2) is 5.01. The van der Waals surface area contributed by atoms with Crippen LogP contribution in [-0.4, -0.2) is 29.1 Å². The maximum atomic E-state index is 9.71. The topological polar surface area (TPSA) is 23.5 Å². The number of phenols is 1. The van der Waals surface area contributed by atoms with Crippen molar-refractivity contribution in [2.75, 3.05) is 13.1 Å². The van der Waals surface area contributed by atoms with E-state index in [-0.39, 0.29) is 0 Å². The van der Waals surface area contributed by atoms with Gasteiger partial charge in [0.05, 0.1) is 0 Å². The highest BCUT2D eigenvalue weighted by atomic mass is 16.3. The fourth-order valence-corrected chi connectivity index (χ4v) is 4.06. The predicted octanol–water partition coefficient (Wildman–Crippen LogP) is 3.32. The third-order valence-electron chi connectivity index (χ3n) is 5.00. The van der Waals surface area contributed by atoms with Crippen LogP contribution in [0.1, 0.15) is 36.8 Å². The van der Waals surface area contributed by atoms with E-state index < -0.39 is 0 Å². The molecule has 0 bridgehead atoms. The summed E-state index contributed by atoms with van der Waals surface area (Å²) in [6.45, 7) is 8.42. The van der Waals surface area contributed by atoms with Crippen molar-refractivity contribution in [1.82, 2.24) is 4.90 Å². The molecule has 1 N–H and O–H groups in total. The van der Waals surface area contributed by atoms with Gasteiger partial charge in [-0.05, 0) is 60.9 Å². The first-order chi connectivity index (χ1) is 9.20. The molecule has 2 aliphatic rings. The van der Waals surface area contributed by atoms with Crippen molar-refractivity contribution in [3.8, 4) is 5.75 Å². The van der Waals surface area contributed by atoms with E-state index in [0.29, 0.717) is 17.7 Å². The Morgan fingerprint density at radius 2 is 2.32 bits per heavy atom. The monoisotopic (exact) mass is 257 g/mol. The van der Waals surface area contributed by atoms with Crippen molar-refractivity contribution in [3.05, 3.63) is 42.0 Å². The van der Waals surface area contributed by atoms with Crippen LogP contribution in [0.3, 0.4) is 0 Å². The van der Waals surface area contributed by atoms with Gasteiger partial charge in [0.25, 0.3) is 0 Å². The minimum atomic E-state index is 0.405. The average Bonchev–Trinajstić information content (AvgIpc) is 2.41. The molecule has 1 aromatic rings. The molecule has 0 amide bonds. The van der Waals surface area contributed by atoms with Crippen LogP contribution in [0.5, 0.6) is 5.75 Å². The molecule has 2 nitrogen and oxygen atoms in total. The molecular weight excluding hydrogens is 234 g/mol.